The predicted molar refractivity (Wildman–Crippen MR) is 107 cm³/mol. The highest BCUT2D eigenvalue weighted by Crippen LogP contribution is 2.35. The van der Waals surface area contributed by atoms with Gasteiger partial charge in [-0.05, 0) is 58.3 Å². The monoisotopic (exact) mass is 391 g/mol. The number of likely N-dealkylation sites (N-methyl/N-ethyl adjacent to an activating group) is 1. The molecule has 2 aliphatic rings. The average Bonchev–Trinajstić information content (AvgIpc) is 3.23. The fraction of sp³-hybridized carbons (Fsp3) is 0.600. The molecular formula is C20H29N3O3S. The molecule has 2 amide bonds. The minimum absolute atomic E-state index is 0.0731. The van der Waals surface area contributed by atoms with E-state index in [0.29, 0.717) is 17.9 Å². The summed E-state index contributed by atoms with van der Waals surface area (Å²) >= 11 is 1.50. The molecule has 0 aliphatic carbocycles. The molecule has 0 spiro atoms. The van der Waals surface area contributed by atoms with Crippen LogP contribution >= 0.6 is 11.3 Å². The summed E-state index contributed by atoms with van der Waals surface area (Å²) < 4.78 is 5.57. The van der Waals surface area contributed by atoms with E-state index in [9.17, 15) is 9.59 Å². The highest BCUT2D eigenvalue weighted by Gasteiger charge is 2.42. The molecule has 0 radical (unpaired) electrons. The van der Waals surface area contributed by atoms with Gasteiger partial charge in [-0.25, -0.2) is 0 Å². The van der Waals surface area contributed by atoms with Gasteiger partial charge in [-0.1, -0.05) is 6.07 Å². The lowest BCUT2D eigenvalue weighted by atomic mass is 10.0. The molecular weight excluding hydrogens is 362 g/mol. The van der Waals surface area contributed by atoms with Crippen LogP contribution in [0.3, 0.4) is 0 Å². The number of hydrogen-bond acceptors (Lipinski definition) is 6. The lowest BCUT2D eigenvalue weighted by molar-refractivity contribution is -0.138. The Labute approximate surface area is 165 Å². The zero-order valence-corrected chi connectivity index (χ0v) is 17.4. The van der Waals surface area contributed by atoms with Crippen molar-refractivity contribution in [1.29, 1.82) is 0 Å². The molecule has 6 nitrogen and oxygen atoms in total. The van der Waals surface area contributed by atoms with Gasteiger partial charge in [0.1, 0.15) is 5.70 Å². The van der Waals surface area contributed by atoms with Gasteiger partial charge in [0.2, 0.25) is 0 Å². The maximum absolute atomic E-state index is 13.2. The lowest BCUT2D eigenvalue weighted by Gasteiger charge is -2.36. The van der Waals surface area contributed by atoms with Crippen LogP contribution < -0.4 is 0 Å². The molecule has 7 heteroatoms. The summed E-state index contributed by atoms with van der Waals surface area (Å²) in [6.07, 6.45) is 2.06. The summed E-state index contributed by atoms with van der Waals surface area (Å²) in [6, 6.07) is 4.11. The van der Waals surface area contributed by atoms with E-state index in [1.54, 1.807) is 0 Å². The van der Waals surface area contributed by atoms with Gasteiger partial charge in [-0.3, -0.25) is 14.5 Å². The van der Waals surface area contributed by atoms with E-state index < -0.39 is 0 Å². The molecule has 0 aromatic carbocycles. The van der Waals surface area contributed by atoms with Crippen molar-refractivity contribution in [3.8, 4) is 0 Å². The highest BCUT2D eigenvalue weighted by molar-refractivity contribution is 7.11. The molecule has 0 N–H and O–H groups in total. The van der Waals surface area contributed by atoms with Crippen LogP contribution in [0, 0.1) is 0 Å². The number of rotatable bonds is 7. The maximum Gasteiger partial charge on any atom is 0.277 e. The fourth-order valence-corrected chi connectivity index (χ4v) is 4.44. The van der Waals surface area contributed by atoms with Gasteiger partial charge in [-0.2, -0.15) is 0 Å². The van der Waals surface area contributed by atoms with Gasteiger partial charge >= 0.3 is 0 Å². The van der Waals surface area contributed by atoms with Gasteiger partial charge in [0.25, 0.3) is 11.8 Å². The normalized spacial score (nSPS) is 19.7. The Morgan fingerprint density at radius 3 is 2.56 bits per heavy atom. The third-order valence-corrected chi connectivity index (χ3v) is 6.15. The first kappa shape index (κ1) is 20.0. The molecule has 0 bridgehead atoms. The van der Waals surface area contributed by atoms with Crippen LogP contribution in [0.2, 0.25) is 0 Å². The van der Waals surface area contributed by atoms with Gasteiger partial charge in [0.15, 0.2) is 0 Å². The lowest BCUT2D eigenvalue weighted by Crippen LogP contribution is -2.44. The Morgan fingerprint density at radius 1 is 1.26 bits per heavy atom. The third-order valence-electron chi connectivity index (χ3n) is 5.27. The second kappa shape index (κ2) is 8.54. The van der Waals surface area contributed by atoms with Crippen LogP contribution in [0.1, 0.15) is 31.6 Å². The number of nitrogens with zero attached hydrogens (tertiary/aromatic N) is 3. The van der Waals surface area contributed by atoms with Gasteiger partial charge in [0, 0.05) is 18.0 Å². The standard InChI is InChI=1S/C20H29N3O3S/c1-14(2)26-12-11-23-19(24)17(16-6-5-13-27-16)18(20(23)25)22(4)15-7-9-21(3)10-8-15/h5-6,13-15H,7-12H2,1-4H3. The minimum atomic E-state index is -0.204. The smallest absolute Gasteiger partial charge is 0.277 e. The molecule has 1 aromatic rings. The first-order chi connectivity index (χ1) is 12.9. The SMILES string of the molecule is CC(C)OCCN1C(=O)C(c2cccs2)=C(N(C)C2CCN(C)CC2)C1=O. The van der Waals surface area contributed by atoms with Crippen LogP contribution in [0.25, 0.3) is 5.57 Å². The quantitative estimate of drug-likeness (QED) is 0.668. The number of ether oxygens (including phenoxy) is 1. The zero-order chi connectivity index (χ0) is 19.6. The van der Waals surface area contributed by atoms with Crippen LogP contribution in [0.15, 0.2) is 23.2 Å². The third kappa shape index (κ3) is 4.25. The van der Waals surface area contributed by atoms with E-state index >= 15 is 0 Å². The van der Waals surface area contributed by atoms with Crippen LogP contribution in [-0.2, 0) is 14.3 Å². The maximum atomic E-state index is 13.2. The summed E-state index contributed by atoms with van der Waals surface area (Å²) in [5.74, 6) is -0.401. The molecule has 1 saturated heterocycles. The molecule has 148 valence electrons. The van der Waals surface area contributed by atoms with Crippen molar-refractivity contribution >= 4 is 28.7 Å². The molecule has 3 heterocycles. The van der Waals surface area contributed by atoms with Gasteiger partial charge < -0.3 is 14.5 Å². The van der Waals surface area contributed by atoms with Crippen molar-refractivity contribution in [1.82, 2.24) is 14.7 Å². The fourth-order valence-electron chi connectivity index (χ4n) is 3.68. The largest absolute Gasteiger partial charge is 0.377 e. The number of piperidine rings is 1. The number of thiophene rings is 1. The minimum Gasteiger partial charge on any atom is -0.377 e. The number of likely N-dealkylation sites (tertiary alicyclic amines) is 1. The summed E-state index contributed by atoms with van der Waals surface area (Å²) in [5.41, 5.74) is 1.09. The average molecular weight is 392 g/mol. The summed E-state index contributed by atoms with van der Waals surface area (Å²) in [6.45, 7) is 6.55. The van der Waals surface area contributed by atoms with Crippen molar-refractivity contribution in [2.24, 2.45) is 0 Å². The van der Waals surface area contributed by atoms with E-state index in [2.05, 4.69) is 11.9 Å². The molecule has 0 atom stereocenters. The Balaban J connectivity index is 1.86. The number of amides is 2. The van der Waals surface area contributed by atoms with Gasteiger partial charge in [0.05, 0.1) is 24.8 Å². The molecule has 3 rings (SSSR count). The second-order valence-electron chi connectivity index (χ2n) is 7.53. The van der Waals surface area contributed by atoms with E-state index in [1.807, 2.05) is 43.3 Å². The number of carbonyl (C=O) groups excluding carboxylic acids is 2. The van der Waals surface area contributed by atoms with Crippen molar-refractivity contribution in [3.05, 3.63) is 28.1 Å². The Morgan fingerprint density at radius 2 is 1.96 bits per heavy atom. The summed E-state index contributed by atoms with van der Waals surface area (Å²) in [5, 5.41) is 1.94. The van der Waals surface area contributed by atoms with Crippen LogP contribution in [-0.4, -0.2) is 79.0 Å². The summed E-state index contributed by atoms with van der Waals surface area (Å²) in [7, 11) is 4.07. The van der Waals surface area contributed by atoms with Crippen LogP contribution in [0.4, 0.5) is 0 Å². The van der Waals surface area contributed by atoms with E-state index in [4.69, 9.17) is 4.74 Å². The molecule has 2 aliphatic heterocycles. The zero-order valence-electron chi connectivity index (χ0n) is 16.6. The number of imide groups is 1. The number of carbonyl (C=O) groups is 2. The first-order valence-corrected chi connectivity index (χ1v) is 10.5. The molecule has 0 unspecified atom stereocenters. The highest BCUT2D eigenvalue weighted by atomic mass is 32.1. The first-order valence-electron chi connectivity index (χ1n) is 9.57. The van der Waals surface area contributed by atoms with Crippen molar-refractivity contribution < 1.29 is 14.3 Å². The van der Waals surface area contributed by atoms with Crippen molar-refractivity contribution in [2.45, 2.75) is 38.8 Å². The number of hydrogen-bond donors (Lipinski definition) is 0. The Bertz CT molecular complexity index is 706. The second-order valence-corrected chi connectivity index (χ2v) is 8.48. The Kier molecular flexibility index (Phi) is 6.34. The van der Waals surface area contributed by atoms with Crippen molar-refractivity contribution in [3.63, 3.8) is 0 Å². The van der Waals surface area contributed by atoms with Crippen molar-refractivity contribution in [2.75, 3.05) is 40.3 Å². The Hall–Kier alpha value is -1.70. The topological polar surface area (TPSA) is 53.1 Å². The molecule has 1 aromatic heterocycles. The van der Waals surface area contributed by atoms with E-state index in [-0.39, 0.29) is 30.5 Å². The molecule has 1 fully saturated rings. The molecule has 0 saturated carbocycles. The van der Waals surface area contributed by atoms with E-state index in [0.717, 1.165) is 30.8 Å². The van der Waals surface area contributed by atoms with Gasteiger partial charge in [-0.15, -0.1) is 11.3 Å². The van der Waals surface area contributed by atoms with Crippen LogP contribution in [0.5, 0.6) is 0 Å². The summed E-state index contributed by atoms with van der Waals surface area (Å²) in [4.78, 5) is 32.8. The van der Waals surface area contributed by atoms with E-state index in [1.165, 1.54) is 16.2 Å². The molecule has 27 heavy (non-hydrogen) atoms. The predicted octanol–water partition coefficient (Wildman–Crippen LogP) is 2.28.